The first kappa shape index (κ1) is 8.02. The van der Waals surface area contributed by atoms with Crippen LogP contribution < -0.4 is 5.32 Å². The highest BCUT2D eigenvalue weighted by molar-refractivity contribution is 4.73. The van der Waals surface area contributed by atoms with E-state index in [0.29, 0.717) is 0 Å². The van der Waals surface area contributed by atoms with Gasteiger partial charge in [0.25, 0.3) is 0 Å². The lowest BCUT2D eigenvalue weighted by molar-refractivity contribution is 0.251. The van der Waals surface area contributed by atoms with E-state index in [1.807, 2.05) is 0 Å². The highest BCUT2D eigenvalue weighted by Gasteiger charge is 2.13. The van der Waals surface area contributed by atoms with Crippen molar-refractivity contribution in [3.8, 4) is 0 Å². The first-order valence-corrected chi connectivity index (χ1v) is 4.25. The Bertz CT molecular complexity index is 93.3. The Morgan fingerprint density at radius 3 is 3.10 bits per heavy atom. The summed E-state index contributed by atoms with van der Waals surface area (Å²) in [6, 6.07) is 0.766. The van der Waals surface area contributed by atoms with Crippen molar-refractivity contribution in [2.45, 2.75) is 25.8 Å². The number of nitrogens with zero attached hydrogens (tertiary/aromatic N) is 1. The van der Waals surface area contributed by atoms with Crippen LogP contribution in [0.4, 0.5) is 0 Å². The molecule has 0 aliphatic carbocycles. The van der Waals surface area contributed by atoms with Crippen molar-refractivity contribution < 1.29 is 0 Å². The van der Waals surface area contributed by atoms with Crippen LogP contribution >= 0.6 is 0 Å². The van der Waals surface area contributed by atoms with Crippen LogP contribution in [0, 0.1) is 0 Å². The normalized spacial score (nSPS) is 30.0. The lowest BCUT2D eigenvalue weighted by Gasteiger charge is -2.23. The van der Waals surface area contributed by atoms with Crippen LogP contribution in [0.5, 0.6) is 0 Å². The van der Waals surface area contributed by atoms with E-state index in [1.165, 1.54) is 32.5 Å². The Morgan fingerprint density at radius 1 is 1.60 bits per heavy atom. The van der Waals surface area contributed by atoms with Crippen molar-refractivity contribution in [1.82, 2.24) is 10.2 Å². The molecule has 1 unspecified atom stereocenters. The average molecular weight is 142 g/mol. The third kappa shape index (κ3) is 1.96. The van der Waals surface area contributed by atoms with Crippen molar-refractivity contribution in [1.29, 1.82) is 0 Å². The molecule has 0 saturated carbocycles. The van der Waals surface area contributed by atoms with Gasteiger partial charge in [0.1, 0.15) is 0 Å². The molecule has 2 nitrogen and oxygen atoms in total. The third-order valence-corrected chi connectivity index (χ3v) is 2.34. The molecule has 10 heavy (non-hydrogen) atoms. The monoisotopic (exact) mass is 142 g/mol. The fraction of sp³-hybridized carbons (Fsp3) is 1.00. The fourth-order valence-corrected chi connectivity index (χ4v) is 1.52. The molecular weight excluding hydrogens is 124 g/mol. The molecule has 0 bridgehead atoms. The van der Waals surface area contributed by atoms with Gasteiger partial charge in [0, 0.05) is 12.6 Å². The molecule has 0 aromatic heterocycles. The molecule has 0 radical (unpaired) electrons. The zero-order valence-corrected chi connectivity index (χ0v) is 7.06. The van der Waals surface area contributed by atoms with Gasteiger partial charge in [-0.05, 0) is 33.0 Å². The zero-order valence-electron chi connectivity index (χ0n) is 7.06. The van der Waals surface area contributed by atoms with Gasteiger partial charge in [-0.1, -0.05) is 6.92 Å². The van der Waals surface area contributed by atoms with Crippen LogP contribution in [0.2, 0.25) is 0 Å². The summed E-state index contributed by atoms with van der Waals surface area (Å²) in [4.78, 5) is 2.46. The molecule has 0 spiro atoms. The van der Waals surface area contributed by atoms with E-state index >= 15 is 0 Å². The molecule has 1 aliphatic rings. The molecule has 0 amide bonds. The SMILES string of the molecule is CCC1CNCCCN1C. The number of rotatable bonds is 1. The summed E-state index contributed by atoms with van der Waals surface area (Å²) in [7, 11) is 2.22. The summed E-state index contributed by atoms with van der Waals surface area (Å²) in [6.45, 7) is 5.88. The van der Waals surface area contributed by atoms with Crippen LogP contribution in [-0.2, 0) is 0 Å². The Morgan fingerprint density at radius 2 is 2.40 bits per heavy atom. The van der Waals surface area contributed by atoms with E-state index in [4.69, 9.17) is 0 Å². The molecule has 1 saturated heterocycles. The summed E-state index contributed by atoms with van der Waals surface area (Å²) in [5.41, 5.74) is 0. The van der Waals surface area contributed by atoms with Crippen LogP contribution in [0.25, 0.3) is 0 Å². The van der Waals surface area contributed by atoms with Crippen LogP contribution in [0.15, 0.2) is 0 Å². The Kier molecular flexibility index (Phi) is 3.16. The van der Waals surface area contributed by atoms with Gasteiger partial charge in [-0.2, -0.15) is 0 Å². The minimum absolute atomic E-state index is 0.766. The van der Waals surface area contributed by atoms with Gasteiger partial charge in [0.15, 0.2) is 0 Å². The second-order valence-corrected chi connectivity index (χ2v) is 3.10. The molecule has 1 N–H and O–H groups in total. The molecule has 1 aliphatic heterocycles. The summed E-state index contributed by atoms with van der Waals surface area (Å²) in [5, 5.41) is 3.44. The molecule has 1 atom stereocenters. The van der Waals surface area contributed by atoms with E-state index in [-0.39, 0.29) is 0 Å². The molecule has 1 fully saturated rings. The minimum Gasteiger partial charge on any atom is -0.315 e. The minimum atomic E-state index is 0.766. The van der Waals surface area contributed by atoms with Gasteiger partial charge in [0.05, 0.1) is 0 Å². The topological polar surface area (TPSA) is 15.3 Å². The third-order valence-electron chi connectivity index (χ3n) is 2.34. The van der Waals surface area contributed by atoms with Crippen LogP contribution in [0.1, 0.15) is 19.8 Å². The molecule has 0 aromatic carbocycles. The quantitative estimate of drug-likeness (QED) is 0.579. The molecule has 1 heterocycles. The van der Waals surface area contributed by atoms with Crippen molar-refractivity contribution in [2.75, 3.05) is 26.7 Å². The smallest absolute Gasteiger partial charge is 0.0214 e. The predicted octanol–water partition coefficient (Wildman–Crippen LogP) is 0.690. The highest BCUT2D eigenvalue weighted by Crippen LogP contribution is 2.03. The number of hydrogen-bond donors (Lipinski definition) is 1. The van der Waals surface area contributed by atoms with E-state index in [2.05, 4.69) is 24.2 Å². The number of nitrogens with one attached hydrogen (secondary N) is 1. The Labute approximate surface area is 63.6 Å². The number of hydrogen-bond acceptors (Lipinski definition) is 2. The molecular formula is C8H18N2. The van der Waals surface area contributed by atoms with Gasteiger partial charge in [-0.25, -0.2) is 0 Å². The molecule has 1 rings (SSSR count). The van der Waals surface area contributed by atoms with Crippen molar-refractivity contribution in [2.24, 2.45) is 0 Å². The highest BCUT2D eigenvalue weighted by atomic mass is 15.2. The lowest BCUT2D eigenvalue weighted by Crippen LogP contribution is -2.36. The summed E-state index contributed by atoms with van der Waals surface area (Å²) in [6.07, 6.45) is 2.57. The maximum Gasteiger partial charge on any atom is 0.0214 e. The van der Waals surface area contributed by atoms with Crippen LogP contribution in [0.3, 0.4) is 0 Å². The van der Waals surface area contributed by atoms with Crippen molar-refractivity contribution >= 4 is 0 Å². The largest absolute Gasteiger partial charge is 0.315 e. The summed E-state index contributed by atoms with van der Waals surface area (Å²) >= 11 is 0. The fourth-order valence-electron chi connectivity index (χ4n) is 1.52. The second kappa shape index (κ2) is 3.94. The maximum atomic E-state index is 3.44. The summed E-state index contributed by atoms with van der Waals surface area (Å²) < 4.78 is 0. The maximum absolute atomic E-state index is 3.44. The summed E-state index contributed by atoms with van der Waals surface area (Å²) in [5.74, 6) is 0. The lowest BCUT2D eigenvalue weighted by atomic mass is 10.2. The second-order valence-electron chi connectivity index (χ2n) is 3.10. The van der Waals surface area contributed by atoms with E-state index in [9.17, 15) is 0 Å². The standard InChI is InChI=1S/C8H18N2/c1-3-8-7-9-5-4-6-10(8)2/h8-9H,3-7H2,1-2H3. The van der Waals surface area contributed by atoms with E-state index in [0.717, 1.165) is 6.04 Å². The Balaban J connectivity index is 2.35. The number of likely N-dealkylation sites (N-methyl/N-ethyl adjacent to an activating group) is 1. The first-order chi connectivity index (χ1) is 4.84. The van der Waals surface area contributed by atoms with Gasteiger partial charge in [-0.15, -0.1) is 0 Å². The molecule has 2 heteroatoms. The van der Waals surface area contributed by atoms with E-state index in [1.54, 1.807) is 0 Å². The molecule has 0 aromatic rings. The van der Waals surface area contributed by atoms with Crippen molar-refractivity contribution in [3.63, 3.8) is 0 Å². The van der Waals surface area contributed by atoms with Crippen molar-refractivity contribution in [3.05, 3.63) is 0 Å². The van der Waals surface area contributed by atoms with Gasteiger partial charge < -0.3 is 10.2 Å². The first-order valence-electron chi connectivity index (χ1n) is 4.25. The van der Waals surface area contributed by atoms with Crippen LogP contribution in [-0.4, -0.2) is 37.6 Å². The molecule has 60 valence electrons. The van der Waals surface area contributed by atoms with E-state index < -0.39 is 0 Å². The predicted molar refractivity (Wildman–Crippen MR) is 44.2 cm³/mol. The zero-order chi connectivity index (χ0) is 7.40. The van der Waals surface area contributed by atoms with Gasteiger partial charge >= 0.3 is 0 Å². The Hall–Kier alpha value is -0.0800. The van der Waals surface area contributed by atoms with Gasteiger partial charge in [-0.3, -0.25) is 0 Å². The van der Waals surface area contributed by atoms with Gasteiger partial charge in [0.2, 0.25) is 0 Å². The average Bonchev–Trinajstić information content (AvgIpc) is 2.13.